The summed E-state index contributed by atoms with van der Waals surface area (Å²) in [6.45, 7) is 3.92. The number of rotatable bonds is 0. The van der Waals surface area contributed by atoms with Crippen LogP contribution < -0.4 is 5.32 Å². The fraction of sp³-hybridized carbons (Fsp3) is 0.300. The topological polar surface area (TPSA) is 49.3 Å². The van der Waals surface area contributed by atoms with E-state index in [1.165, 1.54) is 0 Å². The highest BCUT2D eigenvalue weighted by Crippen LogP contribution is 2.34. The van der Waals surface area contributed by atoms with Crippen molar-refractivity contribution in [2.75, 3.05) is 5.32 Å². The van der Waals surface area contributed by atoms with Gasteiger partial charge in [-0.15, -0.1) is 0 Å². The van der Waals surface area contributed by atoms with Gasteiger partial charge in [0.25, 0.3) is 5.91 Å². The molecule has 1 aliphatic rings. The number of aryl methyl sites for hydroxylation is 1. The molecule has 1 atom stereocenters. The van der Waals surface area contributed by atoms with Crippen molar-refractivity contribution >= 4 is 11.6 Å². The molecular weight excluding hydrogens is 166 g/mol. The van der Waals surface area contributed by atoms with Gasteiger partial charge >= 0.3 is 0 Å². The minimum atomic E-state index is -0.991. The molecule has 3 nitrogen and oxygen atoms in total. The number of anilines is 1. The molecule has 2 rings (SSSR count). The first-order valence-corrected chi connectivity index (χ1v) is 4.20. The smallest absolute Gasteiger partial charge is 0.257 e. The Morgan fingerprint density at radius 3 is 2.77 bits per heavy atom. The summed E-state index contributed by atoms with van der Waals surface area (Å²) in [5.74, 6) is -0.330. The molecule has 1 unspecified atom stereocenters. The lowest BCUT2D eigenvalue weighted by molar-refractivity contribution is -0.123. The van der Waals surface area contributed by atoms with Crippen LogP contribution in [0, 0.1) is 13.8 Å². The van der Waals surface area contributed by atoms with Gasteiger partial charge in [-0.1, -0.05) is 12.1 Å². The number of nitrogens with one attached hydrogen (secondary N) is 1. The molecular formula is C10H11NO2. The Hall–Kier alpha value is -1.35. The van der Waals surface area contributed by atoms with E-state index in [2.05, 4.69) is 5.32 Å². The van der Waals surface area contributed by atoms with Crippen LogP contribution in [0.5, 0.6) is 0 Å². The van der Waals surface area contributed by atoms with Crippen LogP contribution in [-0.2, 0) is 4.79 Å². The highest BCUT2D eigenvalue weighted by molar-refractivity contribution is 6.02. The second kappa shape index (κ2) is 2.57. The zero-order valence-electron chi connectivity index (χ0n) is 7.59. The molecule has 0 spiro atoms. The molecule has 0 saturated heterocycles. The third kappa shape index (κ3) is 1.04. The zero-order chi connectivity index (χ0) is 9.59. The number of carbonyl (C=O) groups is 1. The van der Waals surface area contributed by atoms with Crippen molar-refractivity contribution < 1.29 is 9.90 Å². The lowest BCUT2D eigenvalue weighted by Crippen LogP contribution is -2.10. The minimum absolute atomic E-state index is 0.330. The monoisotopic (exact) mass is 177 g/mol. The van der Waals surface area contributed by atoms with Gasteiger partial charge in [-0.2, -0.15) is 0 Å². The fourth-order valence-corrected chi connectivity index (χ4v) is 1.56. The van der Waals surface area contributed by atoms with Gasteiger partial charge in [-0.3, -0.25) is 4.79 Å². The summed E-state index contributed by atoms with van der Waals surface area (Å²) in [6, 6.07) is 3.71. The van der Waals surface area contributed by atoms with Crippen molar-refractivity contribution in [3.8, 4) is 0 Å². The Balaban J connectivity index is 2.64. The van der Waals surface area contributed by atoms with E-state index in [4.69, 9.17) is 0 Å². The maximum atomic E-state index is 11.1. The molecule has 2 N–H and O–H groups in total. The predicted molar refractivity (Wildman–Crippen MR) is 49.5 cm³/mol. The van der Waals surface area contributed by atoms with Crippen molar-refractivity contribution in [2.24, 2.45) is 0 Å². The van der Waals surface area contributed by atoms with E-state index in [0.29, 0.717) is 5.56 Å². The van der Waals surface area contributed by atoms with Crippen molar-refractivity contribution in [3.63, 3.8) is 0 Å². The van der Waals surface area contributed by atoms with E-state index in [1.54, 1.807) is 6.07 Å². The summed E-state index contributed by atoms with van der Waals surface area (Å²) in [4.78, 5) is 11.1. The summed E-state index contributed by atoms with van der Waals surface area (Å²) in [5.41, 5.74) is 3.61. The summed E-state index contributed by atoms with van der Waals surface area (Å²) in [6.07, 6.45) is -0.991. The van der Waals surface area contributed by atoms with Gasteiger partial charge < -0.3 is 10.4 Å². The molecule has 1 aromatic carbocycles. The summed E-state index contributed by atoms with van der Waals surface area (Å²) >= 11 is 0. The number of aliphatic hydroxyl groups is 1. The van der Waals surface area contributed by atoms with Gasteiger partial charge in [0.15, 0.2) is 6.10 Å². The van der Waals surface area contributed by atoms with E-state index in [0.717, 1.165) is 16.8 Å². The standard InChI is InChI=1S/C10H11NO2/c1-5-3-4-7-8(6(5)2)11-10(13)9(7)12/h3-4,9,12H,1-2H3,(H,11,13). The second-order valence-corrected chi connectivity index (χ2v) is 3.36. The van der Waals surface area contributed by atoms with Crippen LogP contribution in [0.3, 0.4) is 0 Å². The molecule has 0 radical (unpaired) electrons. The first-order valence-electron chi connectivity index (χ1n) is 4.20. The average molecular weight is 177 g/mol. The number of carbonyl (C=O) groups excluding carboxylic acids is 1. The summed E-state index contributed by atoms with van der Waals surface area (Å²) in [7, 11) is 0. The fourth-order valence-electron chi connectivity index (χ4n) is 1.56. The van der Waals surface area contributed by atoms with Crippen LogP contribution in [0.2, 0.25) is 0 Å². The van der Waals surface area contributed by atoms with Crippen molar-refractivity contribution in [1.29, 1.82) is 0 Å². The minimum Gasteiger partial charge on any atom is -0.378 e. The van der Waals surface area contributed by atoms with E-state index in [9.17, 15) is 9.90 Å². The normalized spacial score (nSPS) is 19.9. The van der Waals surface area contributed by atoms with E-state index < -0.39 is 6.10 Å². The molecule has 0 saturated carbocycles. The van der Waals surface area contributed by atoms with Crippen LogP contribution in [0.25, 0.3) is 0 Å². The van der Waals surface area contributed by atoms with Gasteiger partial charge in [0.2, 0.25) is 0 Å². The van der Waals surface area contributed by atoms with Crippen LogP contribution in [0.4, 0.5) is 5.69 Å². The summed E-state index contributed by atoms with van der Waals surface area (Å²) in [5, 5.41) is 12.1. The lowest BCUT2D eigenvalue weighted by atomic mass is 10.0. The highest BCUT2D eigenvalue weighted by Gasteiger charge is 2.29. The van der Waals surface area contributed by atoms with Gasteiger partial charge in [-0.05, 0) is 25.0 Å². The Bertz CT molecular complexity index is 385. The van der Waals surface area contributed by atoms with Crippen molar-refractivity contribution in [2.45, 2.75) is 20.0 Å². The van der Waals surface area contributed by atoms with Gasteiger partial charge in [0, 0.05) is 5.56 Å². The van der Waals surface area contributed by atoms with Crippen LogP contribution in [0.1, 0.15) is 22.8 Å². The first kappa shape index (κ1) is 8.26. The molecule has 68 valence electrons. The Morgan fingerprint density at radius 2 is 2.08 bits per heavy atom. The quantitative estimate of drug-likeness (QED) is 0.627. The molecule has 1 heterocycles. The Morgan fingerprint density at radius 1 is 1.38 bits per heavy atom. The van der Waals surface area contributed by atoms with Crippen molar-refractivity contribution in [1.82, 2.24) is 0 Å². The third-order valence-corrected chi connectivity index (χ3v) is 2.56. The van der Waals surface area contributed by atoms with Crippen LogP contribution >= 0.6 is 0 Å². The average Bonchev–Trinajstić information content (AvgIpc) is 2.38. The number of hydrogen-bond acceptors (Lipinski definition) is 2. The zero-order valence-corrected chi connectivity index (χ0v) is 7.59. The predicted octanol–water partition coefficient (Wildman–Crippen LogP) is 1.29. The Labute approximate surface area is 76.4 Å². The molecule has 1 amide bonds. The number of amides is 1. The molecule has 3 heteroatoms. The number of hydrogen-bond donors (Lipinski definition) is 2. The highest BCUT2D eigenvalue weighted by atomic mass is 16.3. The number of benzene rings is 1. The van der Waals surface area contributed by atoms with Gasteiger partial charge in [0.05, 0.1) is 5.69 Å². The number of fused-ring (bicyclic) bond motifs is 1. The van der Waals surface area contributed by atoms with Crippen LogP contribution in [-0.4, -0.2) is 11.0 Å². The maximum absolute atomic E-state index is 11.1. The molecule has 0 aromatic heterocycles. The second-order valence-electron chi connectivity index (χ2n) is 3.36. The Kier molecular flexibility index (Phi) is 1.63. The largest absolute Gasteiger partial charge is 0.378 e. The third-order valence-electron chi connectivity index (χ3n) is 2.56. The van der Waals surface area contributed by atoms with Gasteiger partial charge in [0.1, 0.15) is 0 Å². The maximum Gasteiger partial charge on any atom is 0.257 e. The molecule has 0 aliphatic carbocycles. The number of aliphatic hydroxyl groups excluding tert-OH is 1. The lowest BCUT2D eigenvalue weighted by Gasteiger charge is -2.06. The van der Waals surface area contributed by atoms with E-state index in [1.807, 2.05) is 19.9 Å². The molecule has 0 fully saturated rings. The summed E-state index contributed by atoms with van der Waals surface area (Å²) < 4.78 is 0. The van der Waals surface area contributed by atoms with Crippen molar-refractivity contribution in [3.05, 3.63) is 28.8 Å². The molecule has 0 bridgehead atoms. The first-order chi connectivity index (χ1) is 6.11. The van der Waals surface area contributed by atoms with E-state index in [-0.39, 0.29) is 5.91 Å². The molecule has 1 aromatic rings. The molecule has 1 aliphatic heterocycles. The van der Waals surface area contributed by atoms with E-state index >= 15 is 0 Å². The molecule has 13 heavy (non-hydrogen) atoms. The van der Waals surface area contributed by atoms with Crippen LogP contribution in [0.15, 0.2) is 12.1 Å². The SMILES string of the molecule is Cc1ccc2c(c1C)NC(=O)C2O. The van der Waals surface area contributed by atoms with Gasteiger partial charge in [-0.25, -0.2) is 0 Å².